The van der Waals surface area contributed by atoms with Crippen LogP contribution in [0.15, 0.2) is 12.4 Å². The van der Waals surface area contributed by atoms with Gasteiger partial charge in [-0.2, -0.15) is 0 Å². The van der Waals surface area contributed by atoms with E-state index in [9.17, 15) is 10.1 Å². The summed E-state index contributed by atoms with van der Waals surface area (Å²) in [5, 5.41) is 19.5. The van der Waals surface area contributed by atoms with Gasteiger partial charge in [0.05, 0.1) is 16.1 Å². The van der Waals surface area contributed by atoms with E-state index < -0.39 is 4.92 Å². The summed E-state index contributed by atoms with van der Waals surface area (Å²) in [6.45, 7) is 3.16. The molecule has 0 unspecified atom stereocenters. The minimum absolute atomic E-state index is 0.0558. The van der Waals surface area contributed by atoms with Gasteiger partial charge >= 0.3 is 0 Å². The van der Waals surface area contributed by atoms with Crippen LogP contribution in [0.2, 0.25) is 0 Å². The molecule has 5 nitrogen and oxygen atoms in total. The Morgan fingerprint density at radius 2 is 1.83 bits per heavy atom. The fraction of sp³-hybridized carbons (Fsp3) is 0.286. The Labute approximate surface area is 69.0 Å². The zero-order valence-corrected chi connectivity index (χ0v) is 6.81. The molecule has 0 atom stereocenters. The molecule has 64 valence electrons. The maximum atomic E-state index is 10.5. The van der Waals surface area contributed by atoms with E-state index >= 15 is 0 Å². The van der Waals surface area contributed by atoms with E-state index in [4.69, 9.17) is 5.21 Å². The third kappa shape index (κ3) is 1.34. The first-order chi connectivity index (χ1) is 5.52. The molecule has 0 fully saturated rings. The third-order valence-electron chi connectivity index (χ3n) is 1.58. The van der Waals surface area contributed by atoms with E-state index in [-0.39, 0.29) is 5.69 Å². The summed E-state index contributed by atoms with van der Waals surface area (Å²) in [6.07, 6.45) is 2.59. The van der Waals surface area contributed by atoms with Crippen molar-refractivity contribution in [2.24, 2.45) is 0 Å². The molecule has 1 heterocycles. The molecule has 0 saturated heterocycles. The second-order valence-electron chi connectivity index (χ2n) is 2.61. The molecule has 12 heavy (non-hydrogen) atoms. The number of pyridine rings is 1. The summed E-state index contributed by atoms with van der Waals surface area (Å²) in [5.41, 5.74) is 0.949. The van der Waals surface area contributed by atoms with Crippen LogP contribution in [0.4, 0.5) is 5.69 Å². The number of hydrogen-bond donors (Lipinski definition) is 1. The van der Waals surface area contributed by atoms with Gasteiger partial charge in [0.1, 0.15) is 0 Å². The number of rotatable bonds is 1. The highest BCUT2D eigenvalue weighted by molar-refractivity contribution is 5.41. The van der Waals surface area contributed by atoms with Crippen LogP contribution in [0.25, 0.3) is 0 Å². The van der Waals surface area contributed by atoms with E-state index in [1.807, 2.05) is 0 Å². The molecule has 1 N–H and O–H groups in total. The zero-order chi connectivity index (χ0) is 9.30. The minimum atomic E-state index is -0.454. The Morgan fingerprint density at radius 3 is 2.17 bits per heavy atom. The molecule has 0 aliphatic carbocycles. The van der Waals surface area contributed by atoms with Gasteiger partial charge in [-0.1, -0.05) is 0 Å². The van der Waals surface area contributed by atoms with Crippen molar-refractivity contribution in [3.8, 4) is 0 Å². The molecule has 1 aromatic rings. The highest BCUT2D eigenvalue weighted by atomic mass is 16.6. The first kappa shape index (κ1) is 8.45. The minimum Gasteiger partial charge on any atom is -0.285 e. The van der Waals surface area contributed by atoms with Crippen molar-refractivity contribution in [3.63, 3.8) is 0 Å². The Balaban J connectivity index is 3.38. The lowest BCUT2D eigenvalue weighted by atomic mass is 10.2. The number of nitro groups is 1. The van der Waals surface area contributed by atoms with Gasteiger partial charge in [0, 0.05) is 4.73 Å². The first-order valence-corrected chi connectivity index (χ1v) is 3.38. The van der Waals surface area contributed by atoms with Crippen molar-refractivity contribution in [3.05, 3.63) is 33.6 Å². The van der Waals surface area contributed by atoms with Crippen molar-refractivity contribution in [1.29, 1.82) is 0 Å². The van der Waals surface area contributed by atoms with Crippen molar-refractivity contribution in [1.82, 2.24) is 0 Å². The smallest absolute Gasteiger partial charge is 0.285 e. The van der Waals surface area contributed by atoms with Gasteiger partial charge in [0.2, 0.25) is 12.4 Å². The normalized spacial score (nSPS) is 9.83. The van der Waals surface area contributed by atoms with Crippen LogP contribution in [0.1, 0.15) is 11.1 Å². The second kappa shape index (κ2) is 2.77. The molecule has 0 aromatic carbocycles. The molecule has 0 amide bonds. The highest BCUT2D eigenvalue weighted by Crippen LogP contribution is 2.19. The Morgan fingerprint density at radius 1 is 1.42 bits per heavy atom. The van der Waals surface area contributed by atoms with E-state index in [1.54, 1.807) is 13.8 Å². The van der Waals surface area contributed by atoms with Crippen molar-refractivity contribution in [2.75, 3.05) is 0 Å². The summed E-state index contributed by atoms with van der Waals surface area (Å²) in [5.74, 6) is 0. The number of nitrogens with zero attached hydrogens (tertiary/aromatic N) is 2. The van der Waals surface area contributed by atoms with Gasteiger partial charge in [0.25, 0.3) is 5.69 Å². The molecule has 0 aliphatic heterocycles. The van der Waals surface area contributed by atoms with Gasteiger partial charge in [-0.3, -0.25) is 15.3 Å². The van der Waals surface area contributed by atoms with Gasteiger partial charge in [-0.25, -0.2) is 0 Å². The quantitative estimate of drug-likeness (QED) is 0.292. The van der Waals surface area contributed by atoms with Crippen LogP contribution in [0.3, 0.4) is 0 Å². The molecular formula is C7H9N2O3+. The predicted molar refractivity (Wildman–Crippen MR) is 39.9 cm³/mol. The maximum absolute atomic E-state index is 10.5. The zero-order valence-electron chi connectivity index (χ0n) is 6.81. The number of hydrogen-bond acceptors (Lipinski definition) is 3. The lowest BCUT2D eigenvalue weighted by molar-refractivity contribution is -0.905. The number of aromatic nitrogens is 1. The molecule has 1 aromatic heterocycles. The first-order valence-electron chi connectivity index (χ1n) is 3.38. The van der Waals surface area contributed by atoms with Gasteiger partial charge in [-0.05, 0) is 13.8 Å². The van der Waals surface area contributed by atoms with Crippen molar-refractivity contribution in [2.45, 2.75) is 13.8 Å². The summed E-state index contributed by atoms with van der Waals surface area (Å²) in [7, 11) is 0. The fourth-order valence-corrected chi connectivity index (χ4v) is 1.16. The van der Waals surface area contributed by atoms with E-state index in [1.165, 1.54) is 12.4 Å². The van der Waals surface area contributed by atoms with Gasteiger partial charge < -0.3 is 0 Å². The van der Waals surface area contributed by atoms with Crippen LogP contribution in [-0.4, -0.2) is 10.1 Å². The maximum Gasteiger partial charge on any atom is 0.287 e. The standard InChI is InChI=1S/C7H9N2O3/c1-5-3-8(10)4-6(2)7(5)9(11)12/h3-4,10H,1-2H3/q+1. The molecule has 0 radical (unpaired) electrons. The van der Waals surface area contributed by atoms with Crippen LogP contribution in [0.5, 0.6) is 0 Å². The predicted octanol–water partition coefficient (Wildman–Crippen LogP) is 0.736. The average molecular weight is 169 g/mol. The summed E-state index contributed by atoms with van der Waals surface area (Å²) in [4.78, 5) is 10.0. The Hall–Kier alpha value is -1.65. The van der Waals surface area contributed by atoms with Crippen LogP contribution >= 0.6 is 0 Å². The topological polar surface area (TPSA) is 67.2 Å². The van der Waals surface area contributed by atoms with E-state index in [0.717, 1.165) is 4.73 Å². The monoisotopic (exact) mass is 169 g/mol. The molecule has 1 rings (SSSR count). The number of aryl methyl sites for hydroxylation is 2. The van der Waals surface area contributed by atoms with Crippen molar-refractivity contribution < 1.29 is 14.9 Å². The summed E-state index contributed by atoms with van der Waals surface area (Å²) < 4.78 is 0.817. The van der Waals surface area contributed by atoms with Crippen molar-refractivity contribution >= 4 is 5.69 Å². The molecule has 0 bridgehead atoms. The van der Waals surface area contributed by atoms with Crippen LogP contribution in [0, 0.1) is 24.0 Å². The summed E-state index contributed by atoms with van der Waals surface area (Å²) >= 11 is 0. The Kier molecular flexibility index (Phi) is 1.95. The largest absolute Gasteiger partial charge is 0.287 e. The fourth-order valence-electron chi connectivity index (χ4n) is 1.16. The van der Waals surface area contributed by atoms with E-state index in [0.29, 0.717) is 11.1 Å². The molecule has 0 spiro atoms. The molecule has 0 saturated carbocycles. The van der Waals surface area contributed by atoms with E-state index in [2.05, 4.69) is 0 Å². The third-order valence-corrected chi connectivity index (χ3v) is 1.58. The van der Waals surface area contributed by atoms with Crippen LogP contribution < -0.4 is 4.73 Å². The van der Waals surface area contributed by atoms with Gasteiger partial charge in [-0.15, -0.1) is 0 Å². The molecular weight excluding hydrogens is 160 g/mol. The lowest BCUT2D eigenvalue weighted by Gasteiger charge is -1.95. The summed E-state index contributed by atoms with van der Waals surface area (Å²) in [6, 6.07) is 0. The lowest BCUT2D eigenvalue weighted by Crippen LogP contribution is -2.30. The second-order valence-corrected chi connectivity index (χ2v) is 2.61. The highest BCUT2D eigenvalue weighted by Gasteiger charge is 2.19. The SMILES string of the molecule is Cc1c[n+](O)cc(C)c1[N+](=O)[O-]. The van der Waals surface area contributed by atoms with Crippen LogP contribution in [-0.2, 0) is 0 Å². The molecule has 5 heteroatoms. The van der Waals surface area contributed by atoms with Gasteiger partial charge in [0.15, 0.2) is 0 Å². The average Bonchev–Trinajstić information content (AvgIpc) is 1.82. The molecule has 0 aliphatic rings. The Bertz CT molecular complexity index is 312.